The summed E-state index contributed by atoms with van der Waals surface area (Å²) in [4.78, 5) is 14.5. The highest BCUT2D eigenvalue weighted by Crippen LogP contribution is 2.24. The van der Waals surface area contributed by atoms with E-state index in [9.17, 15) is 9.18 Å². The van der Waals surface area contributed by atoms with Crippen molar-refractivity contribution in [3.63, 3.8) is 0 Å². The molecule has 6 nitrogen and oxygen atoms in total. The average Bonchev–Trinajstić information content (AvgIpc) is 3.11. The quantitative estimate of drug-likeness (QED) is 0.516. The van der Waals surface area contributed by atoms with Gasteiger partial charge in [-0.2, -0.15) is 5.10 Å². The number of carbonyl (C=O) groups is 1. The van der Waals surface area contributed by atoms with Crippen LogP contribution >= 0.6 is 0 Å². The van der Waals surface area contributed by atoms with Gasteiger partial charge >= 0.3 is 0 Å². The summed E-state index contributed by atoms with van der Waals surface area (Å²) < 4.78 is 15.8. The second kappa shape index (κ2) is 7.27. The third-order valence-corrected chi connectivity index (χ3v) is 4.67. The van der Waals surface area contributed by atoms with Gasteiger partial charge in [0.15, 0.2) is 5.82 Å². The van der Waals surface area contributed by atoms with Crippen molar-refractivity contribution in [2.24, 2.45) is 0 Å². The molecule has 1 heterocycles. The van der Waals surface area contributed by atoms with Gasteiger partial charge < -0.3 is 16.0 Å². The summed E-state index contributed by atoms with van der Waals surface area (Å²) in [5.41, 5.74) is 9.23. The Morgan fingerprint density at radius 3 is 2.52 bits per heavy atom. The van der Waals surface area contributed by atoms with Gasteiger partial charge in [-0.3, -0.25) is 4.79 Å². The molecule has 0 saturated heterocycles. The first kappa shape index (κ1) is 18.5. The third-order valence-electron chi connectivity index (χ3n) is 4.67. The van der Waals surface area contributed by atoms with Crippen LogP contribution in [0.5, 0.6) is 0 Å². The number of aromatic nitrogens is 2. The fraction of sp³-hybridized carbons (Fsp3) is 0.0909. The van der Waals surface area contributed by atoms with E-state index in [0.29, 0.717) is 22.6 Å². The molecule has 3 aromatic carbocycles. The third kappa shape index (κ3) is 3.62. The zero-order valence-electron chi connectivity index (χ0n) is 16.1. The van der Waals surface area contributed by atoms with Gasteiger partial charge in [0.25, 0.3) is 5.91 Å². The van der Waals surface area contributed by atoms with Crippen molar-refractivity contribution in [1.29, 1.82) is 0 Å². The Morgan fingerprint density at radius 1 is 1.07 bits per heavy atom. The maximum atomic E-state index is 14.3. The van der Waals surface area contributed by atoms with E-state index in [-0.39, 0.29) is 5.91 Å². The number of rotatable bonds is 4. The number of benzene rings is 3. The predicted octanol–water partition coefficient (Wildman–Crippen LogP) is 4.07. The molecular formula is C22H20FN5O. The number of halogens is 1. The summed E-state index contributed by atoms with van der Waals surface area (Å²) in [5.74, 6) is -0.653. The molecule has 0 fully saturated rings. The Balaban J connectivity index is 1.59. The Kier molecular flexibility index (Phi) is 4.64. The summed E-state index contributed by atoms with van der Waals surface area (Å²) in [6.45, 7) is 0. The smallest absolute Gasteiger partial charge is 0.255 e. The first-order chi connectivity index (χ1) is 13.9. The number of nitrogen functional groups attached to an aromatic ring is 1. The molecule has 1 amide bonds. The van der Waals surface area contributed by atoms with E-state index in [0.717, 1.165) is 16.6 Å². The zero-order valence-corrected chi connectivity index (χ0v) is 16.1. The van der Waals surface area contributed by atoms with Gasteiger partial charge in [-0.25, -0.2) is 9.07 Å². The molecular weight excluding hydrogens is 369 g/mol. The van der Waals surface area contributed by atoms with Crippen LogP contribution in [0.25, 0.3) is 16.6 Å². The first-order valence-corrected chi connectivity index (χ1v) is 9.04. The van der Waals surface area contributed by atoms with E-state index in [1.165, 1.54) is 10.7 Å². The number of hydrogen-bond acceptors (Lipinski definition) is 4. The van der Waals surface area contributed by atoms with Crippen molar-refractivity contribution in [3.05, 3.63) is 78.2 Å². The zero-order chi connectivity index (χ0) is 20.5. The minimum Gasteiger partial charge on any atom is -0.399 e. The van der Waals surface area contributed by atoms with Gasteiger partial charge in [0.2, 0.25) is 0 Å². The first-order valence-electron chi connectivity index (χ1n) is 9.04. The van der Waals surface area contributed by atoms with E-state index in [1.54, 1.807) is 48.7 Å². The minimum atomic E-state index is -0.450. The van der Waals surface area contributed by atoms with E-state index in [4.69, 9.17) is 5.73 Å². The molecule has 0 aliphatic carbocycles. The Bertz CT molecular complexity index is 1200. The van der Waals surface area contributed by atoms with E-state index >= 15 is 0 Å². The highest BCUT2D eigenvalue weighted by molar-refractivity contribution is 6.05. The second-order valence-corrected chi connectivity index (χ2v) is 6.94. The maximum absolute atomic E-state index is 14.3. The molecule has 0 atom stereocenters. The van der Waals surface area contributed by atoms with E-state index in [2.05, 4.69) is 10.4 Å². The largest absolute Gasteiger partial charge is 0.399 e. The number of hydrogen-bond donors (Lipinski definition) is 2. The van der Waals surface area contributed by atoms with Crippen molar-refractivity contribution >= 4 is 33.9 Å². The lowest BCUT2D eigenvalue weighted by atomic mass is 10.1. The number of amides is 1. The Labute approximate surface area is 167 Å². The number of nitrogens with two attached hydrogens (primary N) is 1. The van der Waals surface area contributed by atoms with Crippen LogP contribution in [-0.4, -0.2) is 29.8 Å². The van der Waals surface area contributed by atoms with Crippen molar-refractivity contribution in [2.45, 2.75) is 0 Å². The number of nitrogens with one attached hydrogen (secondary N) is 1. The van der Waals surface area contributed by atoms with Gasteiger partial charge in [-0.1, -0.05) is 0 Å². The summed E-state index contributed by atoms with van der Waals surface area (Å²) in [6, 6.07) is 17.2. The highest BCUT2D eigenvalue weighted by atomic mass is 19.1. The van der Waals surface area contributed by atoms with Gasteiger partial charge in [0.1, 0.15) is 5.69 Å². The van der Waals surface area contributed by atoms with E-state index < -0.39 is 5.82 Å². The number of nitrogens with zero attached hydrogens (tertiary/aromatic N) is 3. The number of fused-ring (bicyclic) bond motifs is 1. The maximum Gasteiger partial charge on any atom is 0.255 e. The lowest BCUT2D eigenvalue weighted by Gasteiger charge is -2.12. The molecule has 146 valence electrons. The van der Waals surface area contributed by atoms with Gasteiger partial charge in [0, 0.05) is 42.1 Å². The molecule has 1 aromatic heterocycles. The topological polar surface area (TPSA) is 76.2 Å². The molecule has 0 spiro atoms. The Morgan fingerprint density at radius 2 is 1.83 bits per heavy atom. The van der Waals surface area contributed by atoms with Crippen molar-refractivity contribution < 1.29 is 9.18 Å². The van der Waals surface area contributed by atoms with Crippen LogP contribution < -0.4 is 16.0 Å². The van der Waals surface area contributed by atoms with Crippen LogP contribution in [0.4, 0.5) is 21.5 Å². The number of anilines is 3. The summed E-state index contributed by atoms with van der Waals surface area (Å²) in [5, 5.41) is 7.95. The lowest BCUT2D eigenvalue weighted by molar-refractivity contribution is 0.102. The molecule has 3 N–H and O–H groups in total. The SMILES string of the molecule is CN(C)c1ccc(C(=O)Nc2ccc3c(cnn3-c3ccc(N)cc3F)c2)cc1. The van der Waals surface area contributed by atoms with Crippen LogP contribution in [0.2, 0.25) is 0 Å². The molecule has 0 bridgehead atoms. The Hall–Kier alpha value is -3.87. The molecule has 7 heteroatoms. The molecule has 4 rings (SSSR count). The van der Waals surface area contributed by atoms with Crippen LogP contribution in [0.1, 0.15) is 10.4 Å². The fourth-order valence-corrected chi connectivity index (χ4v) is 3.11. The van der Waals surface area contributed by atoms with Crippen LogP contribution in [0, 0.1) is 5.82 Å². The van der Waals surface area contributed by atoms with Crippen LogP contribution in [0.15, 0.2) is 66.9 Å². The molecule has 0 aliphatic heterocycles. The van der Waals surface area contributed by atoms with Crippen molar-refractivity contribution in [3.8, 4) is 5.69 Å². The van der Waals surface area contributed by atoms with Gasteiger partial charge in [-0.05, 0) is 60.7 Å². The second-order valence-electron chi connectivity index (χ2n) is 6.94. The molecule has 0 unspecified atom stereocenters. The van der Waals surface area contributed by atoms with Crippen molar-refractivity contribution in [2.75, 3.05) is 30.0 Å². The molecule has 0 radical (unpaired) electrons. The minimum absolute atomic E-state index is 0.202. The lowest BCUT2D eigenvalue weighted by Crippen LogP contribution is -2.13. The average molecular weight is 389 g/mol. The summed E-state index contributed by atoms with van der Waals surface area (Å²) >= 11 is 0. The molecule has 4 aromatic rings. The fourth-order valence-electron chi connectivity index (χ4n) is 3.11. The normalized spacial score (nSPS) is 10.9. The van der Waals surface area contributed by atoms with Crippen LogP contribution in [0.3, 0.4) is 0 Å². The molecule has 29 heavy (non-hydrogen) atoms. The number of carbonyl (C=O) groups excluding carboxylic acids is 1. The summed E-state index contributed by atoms with van der Waals surface area (Å²) in [6.07, 6.45) is 1.63. The highest BCUT2D eigenvalue weighted by Gasteiger charge is 2.12. The summed E-state index contributed by atoms with van der Waals surface area (Å²) in [7, 11) is 3.89. The molecule has 0 aliphatic rings. The van der Waals surface area contributed by atoms with Crippen molar-refractivity contribution in [1.82, 2.24) is 9.78 Å². The predicted molar refractivity (Wildman–Crippen MR) is 114 cm³/mol. The van der Waals surface area contributed by atoms with Gasteiger partial charge in [0.05, 0.1) is 11.7 Å². The van der Waals surface area contributed by atoms with Crippen LogP contribution in [-0.2, 0) is 0 Å². The standard InChI is InChI=1S/C22H20FN5O/c1-27(2)18-7-3-14(4-8-18)22(29)26-17-6-10-20-15(11-17)13-25-28(20)21-9-5-16(24)12-19(21)23/h3-13H,24H2,1-2H3,(H,26,29). The van der Waals surface area contributed by atoms with Gasteiger partial charge in [-0.15, -0.1) is 0 Å². The van der Waals surface area contributed by atoms with E-state index in [1.807, 2.05) is 31.1 Å². The molecule has 0 saturated carbocycles. The monoisotopic (exact) mass is 389 g/mol.